The number of benzene rings is 1. The van der Waals surface area contributed by atoms with Crippen LogP contribution in [0.5, 0.6) is 0 Å². The fraction of sp³-hybridized carbons (Fsp3) is 0.385. The SMILES string of the molecule is CC(C)n1c(SCC#N)nc2cc(C(F)(F)F)ccc21. The van der Waals surface area contributed by atoms with E-state index in [9.17, 15) is 13.2 Å². The zero-order chi connectivity index (χ0) is 14.9. The average molecular weight is 299 g/mol. The Balaban J connectivity index is 2.58. The number of aromatic nitrogens is 2. The molecule has 0 radical (unpaired) electrons. The smallest absolute Gasteiger partial charge is 0.316 e. The van der Waals surface area contributed by atoms with Gasteiger partial charge in [0.2, 0.25) is 0 Å². The number of fused-ring (bicyclic) bond motifs is 1. The highest BCUT2D eigenvalue weighted by atomic mass is 32.2. The Hall–Kier alpha value is -1.68. The van der Waals surface area contributed by atoms with Gasteiger partial charge in [0.05, 0.1) is 28.4 Å². The normalized spacial score (nSPS) is 12.1. The van der Waals surface area contributed by atoms with E-state index in [1.165, 1.54) is 17.8 Å². The molecule has 0 aliphatic carbocycles. The third kappa shape index (κ3) is 2.75. The quantitative estimate of drug-likeness (QED) is 0.796. The van der Waals surface area contributed by atoms with Crippen LogP contribution in [0.25, 0.3) is 11.0 Å². The Bertz CT molecular complexity index is 668. The number of nitriles is 1. The number of hydrogen-bond acceptors (Lipinski definition) is 3. The van der Waals surface area contributed by atoms with Crippen LogP contribution in [-0.4, -0.2) is 15.3 Å². The maximum atomic E-state index is 12.7. The maximum absolute atomic E-state index is 12.7. The van der Waals surface area contributed by atoms with Gasteiger partial charge >= 0.3 is 6.18 Å². The van der Waals surface area contributed by atoms with E-state index in [-0.39, 0.29) is 11.8 Å². The molecule has 0 amide bonds. The van der Waals surface area contributed by atoms with Crippen LogP contribution in [0.3, 0.4) is 0 Å². The molecule has 106 valence electrons. The first-order valence-corrected chi connectivity index (χ1v) is 6.92. The van der Waals surface area contributed by atoms with Gasteiger partial charge in [0.15, 0.2) is 5.16 Å². The fourth-order valence-electron chi connectivity index (χ4n) is 1.95. The molecule has 0 aliphatic rings. The molecule has 0 bridgehead atoms. The van der Waals surface area contributed by atoms with Crippen molar-refractivity contribution in [1.82, 2.24) is 9.55 Å². The van der Waals surface area contributed by atoms with Crippen molar-refractivity contribution >= 4 is 22.8 Å². The highest BCUT2D eigenvalue weighted by Gasteiger charge is 2.31. The van der Waals surface area contributed by atoms with Crippen molar-refractivity contribution in [2.45, 2.75) is 31.2 Å². The van der Waals surface area contributed by atoms with E-state index < -0.39 is 11.7 Å². The molecule has 0 saturated heterocycles. The van der Waals surface area contributed by atoms with Crippen molar-refractivity contribution in [3.05, 3.63) is 23.8 Å². The summed E-state index contributed by atoms with van der Waals surface area (Å²) >= 11 is 1.22. The molecule has 1 aromatic carbocycles. The molecule has 20 heavy (non-hydrogen) atoms. The van der Waals surface area contributed by atoms with Gasteiger partial charge in [-0.3, -0.25) is 0 Å². The molecule has 3 nitrogen and oxygen atoms in total. The van der Waals surface area contributed by atoms with E-state index in [4.69, 9.17) is 5.26 Å². The van der Waals surface area contributed by atoms with Gasteiger partial charge in [-0.15, -0.1) is 0 Å². The highest BCUT2D eigenvalue weighted by Crippen LogP contribution is 2.33. The second-order valence-electron chi connectivity index (χ2n) is 4.51. The Morgan fingerprint density at radius 1 is 1.40 bits per heavy atom. The molecule has 2 aromatic rings. The minimum Gasteiger partial charge on any atom is -0.316 e. The molecule has 7 heteroatoms. The molecular formula is C13H12F3N3S. The minimum absolute atomic E-state index is 0.0536. The van der Waals surface area contributed by atoms with Crippen LogP contribution in [-0.2, 0) is 6.18 Å². The van der Waals surface area contributed by atoms with Gasteiger partial charge in [0, 0.05) is 6.04 Å². The predicted molar refractivity (Wildman–Crippen MR) is 71.5 cm³/mol. The van der Waals surface area contributed by atoms with Gasteiger partial charge in [-0.2, -0.15) is 18.4 Å². The van der Waals surface area contributed by atoms with Gasteiger partial charge in [-0.25, -0.2) is 4.98 Å². The summed E-state index contributed by atoms with van der Waals surface area (Å²) in [5.41, 5.74) is 0.234. The molecule has 0 N–H and O–H groups in total. The Labute approximate surface area is 118 Å². The monoisotopic (exact) mass is 299 g/mol. The van der Waals surface area contributed by atoms with Gasteiger partial charge in [0.1, 0.15) is 0 Å². The Morgan fingerprint density at radius 2 is 2.10 bits per heavy atom. The largest absolute Gasteiger partial charge is 0.416 e. The zero-order valence-corrected chi connectivity index (χ0v) is 11.7. The molecule has 0 atom stereocenters. The summed E-state index contributed by atoms with van der Waals surface area (Å²) in [7, 11) is 0. The molecule has 0 aliphatic heterocycles. The lowest BCUT2D eigenvalue weighted by Crippen LogP contribution is -2.05. The number of thioether (sulfide) groups is 1. The van der Waals surface area contributed by atoms with Crippen molar-refractivity contribution in [2.24, 2.45) is 0 Å². The third-order valence-corrected chi connectivity index (χ3v) is 3.59. The van der Waals surface area contributed by atoms with Crippen LogP contribution in [0.2, 0.25) is 0 Å². The second-order valence-corrected chi connectivity index (χ2v) is 5.45. The first kappa shape index (κ1) is 14.7. The van der Waals surface area contributed by atoms with Crippen LogP contribution in [0.15, 0.2) is 23.4 Å². The standard InChI is InChI=1S/C13H12F3N3S/c1-8(2)19-11-4-3-9(13(14,15)16)7-10(11)18-12(19)20-6-5-17/h3-4,7-8H,6H2,1-2H3. The van der Waals surface area contributed by atoms with Crippen LogP contribution >= 0.6 is 11.8 Å². The van der Waals surface area contributed by atoms with Gasteiger partial charge < -0.3 is 4.57 Å². The Kier molecular flexibility index (Phi) is 3.95. The van der Waals surface area contributed by atoms with Crippen molar-refractivity contribution in [1.29, 1.82) is 5.26 Å². The van der Waals surface area contributed by atoms with Crippen LogP contribution in [0, 0.1) is 11.3 Å². The number of imidazole rings is 1. The lowest BCUT2D eigenvalue weighted by Gasteiger charge is -2.12. The topological polar surface area (TPSA) is 41.6 Å². The highest BCUT2D eigenvalue weighted by molar-refractivity contribution is 7.99. The maximum Gasteiger partial charge on any atom is 0.416 e. The first-order valence-electron chi connectivity index (χ1n) is 5.93. The van der Waals surface area contributed by atoms with Gasteiger partial charge in [-0.05, 0) is 32.0 Å². The number of rotatable bonds is 3. The molecule has 0 unspecified atom stereocenters. The number of alkyl halides is 3. The van der Waals surface area contributed by atoms with E-state index in [2.05, 4.69) is 4.98 Å². The number of nitrogens with zero attached hydrogens (tertiary/aromatic N) is 3. The van der Waals surface area contributed by atoms with Gasteiger partial charge in [0.25, 0.3) is 0 Å². The van der Waals surface area contributed by atoms with E-state index in [0.29, 0.717) is 16.2 Å². The van der Waals surface area contributed by atoms with Crippen molar-refractivity contribution in [3.8, 4) is 6.07 Å². The summed E-state index contributed by atoms with van der Waals surface area (Å²) in [6.45, 7) is 3.85. The lowest BCUT2D eigenvalue weighted by molar-refractivity contribution is -0.137. The Morgan fingerprint density at radius 3 is 2.65 bits per heavy atom. The summed E-state index contributed by atoms with van der Waals surface area (Å²) < 4.78 is 39.9. The molecule has 0 saturated carbocycles. The summed E-state index contributed by atoms with van der Waals surface area (Å²) in [4.78, 5) is 4.22. The lowest BCUT2D eigenvalue weighted by atomic mass is 10.2. The fourth-order valence-corrected chi connectivity index (χ4v) is 2.76. The van der Waals surface area contributed by atoms with E-state index in [1.807, 2.05) is 24.5 Å². The van der Waals surface area contributed by atoms with Gasteiger partial charge in [-0.1, -0.05) is 11.8 Å². The molecule has 2 rings (SSSR count). The third-order valence-electron chi connectivity index (χ3n) is 2.77. The number of halogens is 3. The molecule has 1 heterocycles. The number of hydrogen-bond donors (Lipinski definition) is 0. The predicted octanol–water partition coefficient (Wildman–Crippen LogP) is 4.25. The minimum atomic E-state index is -4.38. The van der Waals surface area contributed by atoms with Crippen LogP contribution < -0.4 is 0 Å². The van der Waals surface area contributed by atoms with E-state index in [0.717, 1.165) is 12.1 Å². The average Bonchev–Trinajstić information content (AvgIpc) is 2.72. The molecular weight excluding hydrogens is 287 g/mol. The van der Waals surface area contributed by atoms with E-state index >= 15 is 0 Å². The van der Waals surface area contributed by atoms with Crippen molar-refractivity contribution in [2.75, 3.05) is 5.75 Å². The van der Waals surface area contributed by atoms with Crippen molar-refractivity contribution in [3.63, 3.8) is 0 Å². The van der Waals surface area contributed by atoms with Crippen molar-refractivity contribution < 1.29 is 13.2 Å². The summed E-state index contributed by atoms with van der Waals surface area (Å²) in [5, 5.41) is 9.19. The molecule has 0 spiro atoms. The summed E-state index contributed by atoms with van der Waals surface area (Å²) in [6.07, 6.45) is -4.38. The van der Waals surface area contributed by atoms with Crippen LogP contribution in [0.4, 0.5) is 13.2 Å². The van der Waals surface area contributed by atoms with Crippen LogP contribution in [0.1, 0.15) is 25.5 Å². The summed E-state index contributed by atoms with van der Waals surface area (Å²) in [5.74, 6) is 0.210. The summed E-state index contributed by atoms with van der Waals surface area (Å²) in [6, 6.07) is 5.58. The first-order chi connectivity index (χ1) is 9.34. The zero-order valence-electron chi connectivity index (χ0n) is 10.9. The molecule has 1 aromatic heterocycles. The second kappa shape index (κ2) is 5.37. The molecule has 0 fully saturated rings. The van der Waals surface area contributed by atoms with E-state index in [1.54, 1.807) is 0 Å².